The second-order valence-electron chi connectivity index (χ2n) is 2.90. The molecule has 0 spiro atoms. The van der Waals surface area contributed by atoms with E-state index >= 15 is 0 Å². The molecule has 13 heavy (non-hydrogen) atoms. The number of rotatable bonds is 6. The third-order valence-corrected chi connectivity index (χ3v) is 4.86. The van der Waals surface area contributed by atoms with Crippen molar-refractivity contribution in [3.63, 3.8) is 0 Å². The Kier molecular flexibility index (Phi) is 23.6. The first-order valence-corrected chi connectivity index (χ1v) is 19.3. The van der Waals surface area contributed by atoms with Crippen LogP contribution in [0, 0.1) is 0 Å². The summed E-state index contributed by atoms with van der Waals surface area (Å²) < 4.78 is 0. The SMILES string of the molecule is CCCP(CCC)CCC.I[I-]I. The van der Waals surface area contributed by atoms with Crippen LogP contribution in [0.5, 0.6) is 0 Å². The van der Waals surface area contributed by atoms with Gasteiger partial charge in [-0.05, 0) is 18.5 Å². The maximum atomic E-state index is 2.39. The summed E-state index contributed by atoms with van der Waals surface area (Å²) in [5, 5.41) is 0. The van der Waals surface area contributed by atoms with E-state index in [1.54, 1.807) is 0 Å². The normalized spacial score (nSPS) is 10.0. The summed E-state index contributed by atoms with van der Waals surface area (Å²) in [6, 6.07) is 0. The van der Waals surface area contributed by atoms with Crippen LogP contribution in [0.4, 0.5) is 0 Å². The Balaban J connectivity index is 0. The van der Waals surface area contributed by atoms with E-state index in [-0.39, 0.29) is 0 Å². The van der Waals surface area contributed by atoms with Crippen LogP contribution in [-0.4, -0.2) is 18.5 Å². The van der Waals surface area contributed by atoms with E-state index in [0.717, 1.165) is 0 Å². The van der Waals surface area contributed by atoms with Crippen molar-refractivity contribution in [1.29, 1.82) is 0 Å². The quantitative estimate of drug-likeness (QED) is 0.359. The van der Waals surface area contributed by atoms with Crippen LogP contribution in [0.25, 0.3) is 0 Å². The molecule has 0 radical (unpaired) electrons. The number of halogens is 3. The zero-order valence-electron chi connectivity index (χ0n) is 8.82. The molecule has 0 atom stereocenters. The Hall–Kier alpha value is 2.62. The minimum absolute atomic E-state index is 0.439. The third-order valence-electron chi connectivity index (χ3n) is 1.62. The molecule has 0 aliphatic heterocycles. The van der Waals surface area contributed by atoms with Gasteiger partial charge < -0.3 is 0 Å². The van der Waals surface area contributed by atoms with Crippen molar-refractivity contribution in [3.05, 3.63) is 0 Å². The first-order valence-electron chi connectivity index (χ1n) is 4.86. The molecule has 0 heterocycles. The van der Waals surface area contributed by atoms with E-state index in [0.29, 0.717) is 21.2 Å². The van der Waals surface area contributed by atoms with Crippen LogP contribution >= 0.6 is 45.2 Å². The monoisotopic (exact) mass is 541 g/mol. The fourth-order valence-corrected chi connectivity index (χ4v) is 3.85. The van der Waals surface area contributed by atoms with Gasteiger partial charge in [-0.25, -0.2) is 0 Å². The summed E-state index contributed by atoms with van der Waals surface area (Å²) in [7, 11) is 0.439. The zero-order chi connectivity index (χ0) is 10.5. The van der Waals surface area contributed by atoms with Crippen molar-refractivity contribution in [3.8, 4) is 0 Å². The van der Waals surface area contributed by atoms with Crippen LogP contribution < -0.4 is 13.3 Å². The van der Waals surface area contributed by atoms with Crippen molar-refractivity contribution in [2.24, 2.45) is 0 Å². The average Bonchev–Trinajstić information content (AvgIpc) is 2.07. The summed E-state index contributed by atoms with van der Waals surface area (Å²) in [5.74, 6) is 0. The van der Waals surface area contributed by atoms with Crippen molar-refractivity contribution in [2.45, 2.75) is 40.0 Å². The standard InChI is InChI=1S/C9H21P.I3/c1-4-7-10(8-5-2)9-6-3;1-3-2/h4-9H2,1-3H3;/q;-1. The first-order chi connectivity index (χ1) is 6.26. The summed E-state index contributed by atoms with van der Waals surface area (Å²) in [6.07, 6.45) is 8.72. The van der Waals surface area contributed by atoms with Crippen molar-refractivity contribution < 1.29 is 13.3 Å². The van der Waals surface area contributed by atoms with E-state index in [1.165, 1.54) is 37.7 Å². The van der Waals surface area contributed by atoms with Gasteiger partial charge in [-0.2, -0.15) is 0 Å². The zero-order valence-corrected chi connectivity index (χ0v) is 16.2. The summed E-state index contributed by atoms with van der Waals surface area (Å²) in [4.78, 5) is 0. The molecule has 0 aromatic rings. The van der Waals surface area contributed by atoms with Crippen LogP contribution in [0.15, 0.2) is 0 Å². The molecule has 0 aliphatic carbocycles. The first kappa shape index (κ1) is 18.0. The molecule has 0 aromatic carbocycles. The second kappa shape index (κ2) is 17.0. The van der Waals surface area contributed by atoms with Crippen molar-refractivity contribution in [1.82, 2.24) is 0 Å². The van der Waals surface area contributed by atoms with E-state index in [2.05, 4.69) is 58.0 Å². The van der Waals surface area contributed by atoms with Crippen LogP contribution in [0.1, 0.15) is 40.0 Å². The minimum atomic E-state index is 0.439. The van der Waals surface area contributed by atoms with E-state index in [1.807, 2.05) is 0 Å². The molecule has 0 fully saturated rings. The summed E-state index contributed by atoms with van der Waals surface area (Å²) >= 11 is 5.30. The molecule has 0 amide bonds. The third kappa shape index (κ3) is 17.2. The fourth-order valence-electron chi connectivity index (χ4n) is 1.28. The Morgan fingerprint density at radius 2 is 1.08 bits per heavy atom. The van der Waals surface area contributed by atoms with Gasteiger partial charge in [0, 0.05) is 0 Å². The molecule has 0 nitrogen and oxygen atoms in total. The Morgan fingerprint density at radius 3 is 1.23 bits per heavy atom. The predicted octanol–water partition coefficient (Wildman–Crippen LogP) is 2.47. The van der Waals surface area contributed by atoms with Gasteiger partial charge in [0.15, 0.2) is 0 Å². The molecule has 0 N–H and O–H groups in total. The molecular formula is C9H21I3P-. The Labute approximate surface area is 115 Å². The topological polar surface area (TPSA) is 0 Å². The molecular weight excluding hydrogens is 520 g/mol. The van der Waals surface area contributed by atoms with E-state index in [4.69, 9.17) is 0 Å². The van der Waals surface area contributed by atoms with Gasteiger partial charge in [-0.1, -0.05) is 40.0 Å². The molecule has 0 saturated heterocycles. The fraction of sp³-hybridized carbons (Fsp3) is 1.00. The average molecular weight is 541 g/mol. The van der Waals surface area contributed by atoms with Gasteiger partial charge >= 0.3 is 50.5 Å². The summed E-state index contributed by atoms with van der Waals surface area (Å²) in [6.45, 7) is 6.92. The molecule has 0 unspecified atom stereocenters. The number of hydrogen-bond acceptors (Lipinski definition) is 0. The van der Waals surface area contributed by atoms with E-state index in [9.17, 15) is 0 Å². The van der Waals surface area contributed by atoms with Crippen LogP contribution in [0.2, 0.25) is 0 Å². The molecule has 4 heteroatoms. The van der Waals surface area contributed by atoms with Crippen molar-refractivity contribution >= 4 is 45.2 Å². The Morgan fingerprint density at radius 1 is 0.846 bits per heavy atom. The van der Waals surface area contributed by atoms with Crippen LogP contribution in [-0.2, 0) is 0 Å². The van der Waals surface area contributed by atoms with Gasteiger partial charge in [0.2, 0.25) is 0 Å². The van der Waals surface area contributed by atoms with Gasteiger partial charge in [0.05, 0.1) is 0 Å². The van der Waals surface area contributed by atoms with Gasteiger partial charge in [0.1, 0.15) is 0 Å². The van der Waals surface area contributed by atoms with Crippen molar-refractivity contribution in [2.75, 3.05) is 18.5 Å². The summed E-state index contributed by atoms with van der Waals surface area (Å²) in [5.41, 5.74) is 0. The van der Waals surface area contributed by atoms with Crippen LogP contribution in [0.3, 0.4) is 0 Å². The maximum absolute atomic E-state index is 2.39. The molecule has 84 valence electrons. The molecule has 0 rings (SSSR count). The second-order valence-corrected chi connectivity index (χ2v) is 21.8. The molecule has 0 aromatic heterocycles. The van der Waals surface area contributed by atoms with Gasteiger partial charge in [-0.3, -0.25) is 0 Å². The Bertz CT molecular complexity index is 67.0. The molecule has 0 bridgehead atoms. The molecule has 0 saturated carbocycles. The van der Waals surface area contributed by atoms with Gasteiger partial charge in [-0.15, -0.1) is 7.92 Å². The van der Waals surface area contributed by atoms with Gasteiger partial charge in [0.25, 0.3) is 0 Å². The molecule has 0 aliphatic rings. The predicted molar refractivity (Wildman–Crippen MR) is 80.4 cm³/mol. The van der Waals surface area contributed by atoms with E-state index < -0.39 is 0 Å². The number of hydrogen-bond donors (Lipinski definition) is 0.